The molecule has 0 aliphatic carbocycles. The van der Waals surface area contributed by atoms with Crippen molar-refractivity contribution < 1.29 is 54.7 Å². The predicted octanol–water partition coefficient (Wildman–Crippen LogP) is -4.16. The number of aliphatic hydroxyl groups excluding tert-OH is 7. The average Bonchev–Trinajstić information content (AvgIpc) is 2.66. The third kappa shape index (κ3) is 13.7. The van der Waals surface area contributed by atoms with Gasteiger partial charge in [-0.15, -0.1) is 0 Å². The largest absolute Gasteiger partial charge is 0.394 e. The summed E-state index contributed by atoms with van der Waals surface area (Å²) in [5.41, 5.74) is 0. The maximum absolute atomic E-state index is 9.33. The molecular formula is C15H32O11. The molecule has 0 fully saturated rings. The molecule has 26 heavy (non-hydrogen) atoms. The van der Waals surface area contributed by atoms with Crippen LogP contribution in [0.2, 0.25) is 0 Å². The summed E-state index contributed by atoms with van der Waals surface area (Å²) in [4.78, 5) is 0. The van der Waals surface area contributed by atoms with Crippen molar-refractivity contribution in [3.63, 3.8) is 0 Å². The lowest BCUT2D eigenvalue weighted by Crippen LogP contribution is -2.34. The van der Waals surface area contributed by atoms with Crippen LogP contribution in [0.1, 0.15) is 0 Å². The summed E-state index contributed by atoms with van der Waals surface area (Å²) in [6.45, 7) is -2.15. The molecule has 0 aromatic carbocycles. The van der Waals surface area contributed by atoms with Crippen LogP contribution in [0, 0.1) is 0 Å². The van der Waals surface area contributed by atoms with Crippen molar-refractivity contribution in [2.24, 2.45) is 0 Å². The third-order valence-corrected chi connectivity index (χ3v) is 3.11. The van der Waals surface area contributed by atoms with Crippen molar-refractivity contribution in [2.75, 3.05) is 66.1 Å². The molecule has 0 amide bonds. The molecule has 0 spiro atoms. The Balaban J connectivity index is 4.23. The summed E-state index contributed by atoms with van der Waals surface area (Å²) in [5.74, 6) is 0. The molecular weight excluding hydrogens is 356 g/mol. The molecule has 5 unspecified atom stereocenters. The Morgan fingerprint density at radius 2 is 0.846 bits per heavy atom. The highest BCUT2D eigenvalue weighted by Crippen LogP contribution is 2.01. The fourth-order valence-electron chi connectivity index (χ4n) is 1.62. The Labute approximate surface area is 152 Å². The van der Waals surface area contributed by atoms with Gasteiger partial charge in [-0.3, -0.25) is 0 Å². The Hall–Kier alpha value is -0.440. The highest BCUT2D eigenvalue weighted by Gasteiger charge is 2.16. The van der Waals surface area contributed by atoms with E-state index in [-0.39, 0.29) is 46.2 Å². The molecule has 0 bridgehead atoms. The molecule has 0 rings (SSSR count). The van der Waals surface area contributed by atoms with E-state index in [4.69, 9.17) is 34.3 Å². The summed E-state index contributed by atoms with van der Waals surface area (Å²) < 4.78 is 21.1. The van der Waals surface area contributed by atoms with Gasteiger partial charge in [0, 0.05) is 0 Å². The lowest BCUT2D eigenvalue weighted by atomic mass is 10.3. The minimum absolute atomic E-state index is 0.00306. The molecule has 5 atom stereocenters. The van der Waals surface area contributed by atoms with E-state index in [0.29, 0.717) is 0 Å². The van der Waals surface area contributed by atoms with Gasteiger partial charge in [0.25, 0.3) is 0 Å². The van der Waals surface area contributed by atoms with Crippen LogP contribution in [0.5, 0.6) is 0 Å². The van der Waals surface area contributed by atoms with E-state index in [1.807, 2.05) is 0 Å². The van der Waals surface area contributed by atoms with Crippen LogP contribution in [0.25, 0.3) is 0 Å². The molecule has 0 radical (unpaired) electrons. The topological polar surface area (TPSA) is 179 Å². The third-order valence-electron chi connectivity index (χ3n) is 3.11. The molecule has 11 nitrogen and oxygen atoms in total. The van der Waals surface area contributed by atoms with Gasteiger partial charge in [0.05, 0.1) is 66.1 Å². The van der Waals surface area contributed by atoms with Crippen LogP contribution in [-0.4, -0.2) is 132 Å². The molecule has 0 saturated carbocycles. The zero-order valence-electron chi connectivity index (χ0n) is 14.7. The molecule has 0 aromatic heterocycles. The standard InChI is InChI=1S/C15H32O11/c16-1-11(20)5-23-9-15(26-7-13(22)3-18)10-24-8-14(4-19)25-6-12(21)2-17/h11-22H,1-10H2. The van der Waals surface area contributed by atoms with Gasteiger partial charge < -0.3 is 54.7 Å². The summed E-state index contributed by atoms with van der Waals surface area (Å²) in [5, 5.41) is 63.2. The summed E-state index contributed by atoms with van der Waals surface area (Å²) >= 11 is 0. The van der Waals surface area contributed by atoms with Crippen molar-refractivity contribution in [2.45, 2.75) is 30.5 Å². The molecule has 158 valence electrons. The van der Waals surface area contributed by atoms with Gasteiger partial charge in [-0.25, -0.2) is 0 Å². The van der Waals surface area contributed by atoms with E-state index in [9.17, 15) is 20.4 Å². The van der Waals surface area contributed by atoms with E-state index in [2.05, 4.69) is 0 Å². The van der Waals surface area contributed by atoms with Crippen molar-refractivity contribution in [1.29, 1.82) is 0 Å². The molecule has 11 heteroatoms. The number of ether oxygens (including phenoxy) is 4. The number of rotatable bonds is 18. The second-order valence-electron chi connectivity index (χ2n) is 5.68. The lowest BCUT2D eigenvalue weighted by Gasteiger charge is -2.22. The van der Waals surface area contributed by atoms with Crippen molar-refractivity contribution in [3.8, 4) is 0 Å². The van der Waals surface area contributed by atoms with Crippen molar-refractivity contribution >= 4 is 0 Å². The minimum atomic E-state index is -1.06. The first kappa shape index (κ1) is 25.6. The van der Waals surface area contributed by atoms with E-state index in [1.54, 1.807) is 0 Å². The van der Waals surface area contributed by atoms with Gasteiger partial charge in [-0.2, -0.15) is 0 Å². The minimum Gasteiger partial charge on any atom is -0.394 e. The van der Waals surface area contributed by atoms with Gasteiger partial charge >= 0.3 is 0 Å². The number of aliphatic hydroxyl groups is 7. The normalized spacial score (nSPS) is 17.7. The highest BCUT2D eigenvalue weighted by atomic mass is 16.6. The monoisotopic (exact) mass is 388 g/mol. The fraction of sp³-hybridized carbons (Fsp3) is 1.00. The fourth-order valence-corrected chi connectivity index (χ4v) is 1.62. The predicted molar refractivity (Wildman–Crippen MR) is 87.5 cm³/mol. The second kappa shape index (κ2) is 16.7. The average molecular weight is 388 g/mol. The smallest absolute Gasteiger partial charge is 0.104 e. The van der Waals surface area contributed by atoms with E-state index in [0.717, 1.165) is 0 Å². The first-order valence-electron chi connectivity index (χ1n) is 8.33. The van der Waals surface area contributed by atoms with Crippen LogP contribution in [0.4, 0.5) is 0 Å². The Bertz CT molecular complexity index is 307. The highest BCUT2D eigenvalue weighted by molar-refractivity contribution is 4.62. The molecule has 0 heterocycles. The van der Waals surface area contributed by atoms with Gasteiger partial charge in [-0.1, -0.05) is 0 Å². The van der Waals surface area contributed by atoms with E-state index >= 15 is 0 Å². The van der Waals surface area contributed by atoms with Crippen LogP contribution in [-0.2, 0) is 18.9 Å². The van der Waals surface area contributed by atoms with Gasteiger partial charge in [0.15, 0.2) is 0 Å². The maximum Gasteiger partial charge on any atom is 0.104 e. The maximum atomic E-state index is 9.33. The molecule has 7 N–H and O–H groups in total. The van der Waals surface area contributed by atoms with Crippen LogP contribution in [0.3, 0.4) is 0 Å². The Morgan fingerprint density at radius 3 is 1.31 bits per heavy atom. The van der Waals surface area contributed by atoms with E-state index < -0.39 is 50.3 Å². The number of hydrogen-bond acceptors (Lipinski definition) is 11. The summed E-state index contributed by atoms with van der Waals surface area (Å²) in [6, 6.07) is 0. The first-order valence-corrected chi connectivity index (χ1v) is 8.33. The van der Waals surface area contributed by atoms with Gasteiger partial charge in [0.1, 0.15) is 30.5 Å². The van der Waals surface area contributed by atoms with Crippen LogP contribution < -0.4 is 0 Å². The Morgan fingerprint density at radius 1 is 0.462 bits per heavy atom. The second-order valence-corrected chi connectivity index (χ2v) is 5.68. The SMILES string of the molecule is OCC(O)COCC(COCC(CO)OCC(O)CO)OCC(O)CO. The lowest BCUT2D eigenvalue weighted by molar-refractivity contribution is -0.116. The number of hydrogen-bond donors (Lipinski definition) is 7. The molecule has 0 aliphatic rings. The first-order chi connectivity index (χ1) is 12.5. The van der Waals surface area contributed by atoms with Gasteiger partial charge in [-0.05, 0) is 0 Å². The summed E-state index contributed by atoms with van der Waals surface area (Å²) in [6.07, 6.45) is -4.48. The molecule has 0 aliphatic heterocycles. The molecule has 0 aromatic rings. The quantitative estimate of drug-likeness (QED) is 0.121. The zero-order valence-corrected chi connectivity index (χ0v) is 14.7. The van der Waals surface area contributed by atoms with Crippen LogP contribution in [0.15, 0.2) is 0 Å². The van der Waals surface area contributed by atoms with Gasteiger partial charge in [0.2, 0.25) is 0 Å². The van der Waals surface area contributed by atoms with E-state index in [1.165, 1.54) is 0 Å². The summed E-state index contributed by atoms with van der Waals surface area (Å²) in [7, 11) is 0. The van der Waals surface area contributed by atoms with Crippen molar-refractivity contribution in [1.82, 2.24) is 0 Å². The van der Waals surface area contributed by atoms with Crippen LogP contribution >= 0.6 is 0 Å². The Kier molecular flexibility index (Phi) is 16.4. The molecule has 0 saturated heterocycles. The zero-order chi connectivity index (χ0) is 19.8. The van der Waals surface area contributed by atoms with Crippen molar-refractivity contribution in [3.05, 3.63) is 0 Å².